The van der Waals surface area contributed by atoms with Crippen molar-refractivity contribution in [2.45, 2.75) is 71.9 Å². The molecule has 1 aliphatic heterocycles. The fraction of sp³-hybridized carbons (Fsp3) is 0.405. The normalized spacial score (nSPS) is 18.5. The molecular weight excluding hydrogens is 588 g/mol. The Balaban J connectivity index is 1.28. The third kappa shape index (κ3) is 8.98. The summed E-state index contributed by atoms with van der Waals surface area (Å²) >= 11 is 0. The summed E-state index contributed by atoms with van der Waals surface area (Å²) in [7, 11) is 0. The lowest BCUT2D eigenvalue weighted by atomic mass is 9.85. The molecule has 3 aromatic rings. The van der Waals surface area contributed by atoms with Crippen molar-refractivity contribution >= 4 is 23.3 Å². The smallest absolute Gasteiger partial charge is 0.320 e. The van der Waals surface area contributed by atoms with Gasteiger partial charge in [-0.1, -0.05) is 62.7 Å². The average molecular weight is 637 g/mol. The summed E-state index contributed by atoms with van der Waals surface area (Å²) < 4.78 is 8.12. The summed E-state index contributed by atoms with van der Waals surface area (Å²) in [6.45, 7) is 9.86. The van der Waals surface area contributed by atoms with Crippen molar-refractivity contribution in [3.63, 3.8) is 0 Å². The third-order valence-electron chi connectivity index (χ3n) is 8.85. The Kier molecular flexibility index (Phi) is 10.6. The zero-order valence-corrected chi connectivity index (χ0v) is 27.9. The molecule has 0 saturated carbocycles. The molecule has 2 aromatic carbocycles. The van der Waals surface area contributed by atoms with Crippen molar-refractivity contribution in [3.05, 3.63) is 101 Å². The highest BCUT2D eigenvalue weighted by atomic mass is 16.5. The van der Waals surface area contributed by atoms with Crippen LogP contribution in [0.25, 0.3) is 0 Å². The van der Waals surface area contributed by atoms with Gasteiger partial charge in [0, 0.05) is 29.3 Å². The number of carbonyl (C=O) groups is 1. The average Bonchev–Trinajstić information content (AvgIpc) is 3.04. The molecule has 1 aromatic heterocycles. The number of fused-ring (bicyclic) bond motifs is 1. The van der Waals surface area contributed by atoms with Crippen LogP contribution in [0.5, 0.6) is 5.75 Å². The first kappa shape index (κ1) is 33.7. The summed E-state index contributed by atoms with van der Waals surface area (Å²) in [5.41, 5.74) is 4.19. The fourth-order valence-corrected chi connectivity index (χ4v) is 5.99. The molecule has 0 radical (unpaired) electrons. The van der Waals surface area contributed by atoms with Crippen molar-refractivity contribution in [2.75, 3.05) is 18.4 Å². The molecule has 47 heavy (non-hydrogen) atoms. The summed E-state index contributed by atoms with van der Waals surface area (Å²) in [6, 6.07) is 18.8. The van der Waals surface area contributed by atoms with Gasteiger partial charge in [-0.3, -0.25) is 20.7 Å². The van der Waals surface area contributed by atoms with Crippen molar-refractivity contribution in [2.24, 2.45) is 11.3 Å². The Bertz CT molecular complexity index is 1680. The van der Waals surface area contributed by atoms with Crippen LogP contribution in [0, 0.1) is 34.5 Å². The number of carbonyl (C=O) groups excluding carboxylic acids is 1. The maximum absolute atomic E-state index is 13.4. The van der Waals surface area contributed by atoms with Crippen molar-refractivity contribution in [3.8, 4) is 5.75 Å². The van der Waals surface area contributed by atoms with Gasteiger partial charge in [0.2, 0.25) is 0 Å². The van der Waals surface area contributed by atoms with Crippen LogP contribution in [0.15, 0.2) is 78.8 Å². The number of nitrogens with one attached hydrogen (secondary N) is 7. The van der Waals surface area contributed by atoms with Gasteiger partial charge in [-0.05, 0) is 87.0 Å². The van der Waals surface area contributed by atoms with E-state index in [2.05, 4.69) is 21.3 Å². The number of nitrogens with zero attached hydrogens (tertiary/aromatic N) is 1. The van der Waals surface area contributed by atoms with Gasteiger partial charge < -0.3 is 26.1 Å². The lowest BCUT2D eigenvalue weighted by molar-refractivity contribution is 0.171. The van der Waals surface area contributed by atoms with E-state index < -0.39 is 0 Å². The van der Waals surface area contributed by atoms with E-state index in [1.165, 1.54) is 0 Å². The lowest BCUT2D eigenvalue weighted by Crippen LogP contribution is -2.41. The second-order valence-electron chi connectivity index (χ2n) is 13.6. The molecule has 1 saturated heterocycles. The number of pyridine rings is 1. The molecule has 1 aliphatic carbocycles. The highest BCUT2D eigenvalue weighted by molar-refractivity contribution is 5.97. The summed E-state index contributed by atoms with van der Waals surface area (Å²) in [4.78, 5) is 13.4. The number of benzene rings is 2. The number of hydrogen-bond donors (Lipinski definition) is 7. The van der Waals surface area contributed by atoms with E-state index in [1.54, 1.807) is 29.0 Å². The van der Waals surface area contributed by atoms with Crippen molar-refractivity contribution < 1.29 is 9.53 Å². The van der Waals surface area contributed by atoms with Gasteiger partial charge in [0.25, 0.3) is 0 Å². The topological polar surface area (TPSA) is 151 Å². The van der Waals surface area contributed by atoms with Gasteiger partial charge in [0.15, 0.2) is 0 Å². The number of amides is 2. The Hall–Kier alpha value is -4.70. The molecule has 0 spiro atoms. The third-order valence-corrected chi connectivity index (χ3v) is 8.85. The lowest BCUT2D eigenvalue weighted by Gasteiger charge is -2.32. The van der Waals surface area contributed by atoms with Crippen LogP contribution in [0.2, 0.25) is 0 Å². The Labute approximate surface area is 277 Å². The fourth-order valence-electron chi connectivity index (χ4n) is 5.99. The Morgan fingerprint density at radius 2 is 1.68 bits per heavy atom. The van der Waals surface area contributed by atoms with Gasteiger partial charge in [-0.15, -0.1) is 0 Å². The standard InChI is InChI=1S/C37H48N8O2/c1-24-9-11-26(12-10-24)42-35(22-32(38)37(2,3)4)44-36(46)43-30-14-15-31(29-8-6-5-7-28(29)30)47-27-13-16-33(39)45(23-27)34(40)21-25-17-19-41-20-18-25/h5-13,16,22-23,25,30-31,38-42H,14-15,17-21H2,1-4H3,(H2,43,44,46)/b35-22+,38-32?,39-33?,40-34?/t30-,31+/m0/s1. The van der Waals surface area contributed by atoms with Crippen LogP contribution in [0.3, 0.4) is 0 Å². The largest absolute Gasteiger partial charge is 0.484 e. The van der Waals surface area contributed by atoms with Gasteiger partial charge in [-0.25, -0.2) is 4.79 Å². The van der Waals surface area contributed by atoms with Gasteiger partial charge >= 0.3 is 6.03 Å². The highest BCUT2D eigenvalue weighted by Gasteiger charge is 2.30. The van der Waals surface area contributed by atoms with Gasteiger partial charge in [-0.2, -0.15) is 0 Å². The van der Waals surface area contributed by atoms with Crippen LogP contribution < -0.4 is 31.5 Å². The van der Waals surface area contributed by atoms with Crippen LogP contribution in [-0.4, -0.2) is 35.2 Å². The van der Waals surface area contributed by atoms with Crippen LogP contribution >= 0.6 is 0 Å². The molecule has 10 heteroatoms. The number of rotatable bonds is 9. The SMILES string of the molecule is Cc1ccc(N/C(=C\C(=N)C(C)(C)C)NC(=O)N[C@H]2CC[C@@H](Oc3ccc(=N)n(C(=N)CC4CCNCC4)c3)c3ccccc32)cc1. The van der Waals surface area contributed by atoms with Crippen LogP contribution in [-0.2, 0) is 0 Å². The number of aromatic nitrogens is 1. The molecular formula is C37H48N8O2. The minimum Gasteiger partial charge on any atom is -0.484 e. The quantitative estimate of drug-likeness (QED) is 0.103. The molecule has 7 N–H and O–H groups in total. The van der Waals surface area contributed by atoms with Crippen molar-refractivity contribution in [1.29, 1.82) is 16.2 Å². The zero-order chi connectivity index (χ0) is 33.6. The summed E-state index contributed by atoms with van der Waals surface area (Å²) in [5, 5.41) is 38.4. The number of aryl methyl sites for hydroxylation is 1. The maximum Gasteiger partial charge on any atom is 0.320 e. The maximum atomic E-state index is 13.4. The second kappa shape index (κ2) is 14.8. The number of urea groups is 1. The zero-order valence-electron chi connectivity index (χ0n) is 27.9. The first-order valence-corrected chi connectivity index (χ1v) is 16.5. The molecule has 0 bridgehead atoms. The Morgan fingerprint density at radius 1 is 0.979 bits per heavy atom. The number of hydrogen-bond acceptors (Lipinski definition) is 7. The first-order chi connectivity index (χ1) is 22.5. The summed E-state index contributed by atoms with van der Waals surface area (Å²) in [6.07, 6.45) is 7.25. The molecule has 2 amide bonds. The monoisotopic (exact) mass is 636 g/mol. The highest BCUT2D eigenvalue weighted by Crippen LogP contribution is 2.38. The number of allylic oxidation sites excluding steroid dienone is 1. The molecule has 2 aliphatic rings. The predicted octanol–water partition coefficient (Wildman–Crippen LogP) is 6.76. The number of piperidine rings is 1. The van der Waals surface area contributed by atoms with E-state index in [-0.39, 0.29) is 29.1 Å². The van der Waals surface area contributed by atoms with E-state index in [4.69, 9.17) is 21.0 Å². The van der Waals surface area contributed by atoms with Crippen molar-refractivity contribution in [1.82, 2.24) is 20.5 Å². The van der Waals surface area contributed by atoms with Crippen LogP contribution in [0.4, 0.5) is 10.5 Å². The minimum absolute atomic E-state index is 0.229. The molecule has 0 unspecified atom stereocenters. The van der Waals surface area contributed by atoms with Gasteiger partial charge in [0.05, 0.1) is 12.2 Å². The first-order valence-electron chi connectivity index (χ1n) is 16.5. The Morgan fingerprint density at radius 3 is 2.38 bits per heavy atom. The molecule has 10 nitrogen and oxygen atoms in total. The van der Waals surface area contributed by atoms with E-state index in [0.29, 0.717) is 48.3 Å². The number of anilines is 1. The summed E-state index contributed by atoms with van der Waals surface area (Å²) in [5.74, 6) is 1.89. The molecule has 2 heterocycles. The van der Waals surface area contributed by atoms with Gasteiger partial charge in [0.1, 0.15) is 29.0 Å². The molecule has 2 atom stereocenters. The van der Waals surface area contributed by atoms with Crippen LogP contribution in [0.1, 0.15) is 81.7 Å². The number of ether oxygens (including phenoxy) is 1. The van der Waals surface area contributed by atoms with E-state index >= 15 is 0 Å². The molecule has 248 valence electrons. The molecule has 5 rings (SSSR count). The van der Waals surface area contributed by atoms with E-state index in [1.807, 2.05) is 76.2 Å². The predicted molar refractivity (Wildman–Crippen MR) is 187 cm³/mol. The molecule has 1 fully saturated rings. The van der Waals surface area contributed by atoms with E-state index in [0.717, 1.165) is 48.3 Å². The minimum atomic E-state index is -0.386. The van der Waals surface area contributed by atoms with E-state index in [9.17, 15) is 4.79 Å². The second-order valence-corrected chi connectivity index (χ2v) is 13.6.